The average Bonchev–Trinajstić information content (AvgIpc) is 3.52. The van der Waals surface area contributed by atoms with Crippen molar-refractivity contribution in [3.05, 3.63) is 35.0 Å². The standard InChI is InChI=1S/C19H25ClFN5O4S2/c1-12-11-26(31(27,28)9-7-23-32(29,30)14-3-4-14)8-6-15(12)17-18(20)25-19(24-17)16-5-2-13(21)10-22-16/h2,5,10,12,14-15,23H,3-4,6-9,11H2,1H3,(H,24,25)/t12-,15+/m0/s1. The topological polar surface area (TPSA) is 125 Å². The fourth-order valence-electron chi connectivity index (χ4n) is 3.98. The summed E-state index contributed by atoms with van der Waals surface area (Å²) in [7, 11) is -7.01. The number of aromatic nitrogens is 3. The van der Waals surface area contributed by atoms with Gasteiger partial charge in [-0.3, -0.25) is 0 Å². The fraction of sp³-hybridized carbons (Fsp3) is 0.579. The van der Waals surface area contributed by atoms with Crippen LogP contribution in [0.3, 0.4) is 0 Å². The summed E-state index contributed by atoms with van der Waals surface area (Å²) in [6, 6.07) is 2.79. The minimum atomic E-state index is -3.60. The molecule has 13 heteroatoms. The number of H-pyrrole nitrogens is 1. The Morgan fingerprint density at radius 3 is 2.62 bits per heavy atom. The molecule has 32 heavy (non-hydrogen) atoms. The molecule has 2 fully saturated rings. The molecule has 3 heterocycles. The van der Waals surface area contributed by atoms with Gasteiger partial charge in [-0.25, -0.2) is 40.2 Å². The molecule has 1 aliphatic carbocycles. The molecule has 9 nitrogen and oxygen atoms in total. The van der Waals surface area contributed by atoms with Gasteiger partial charge >= 0.3 is 0 Å². The van der Waals surface area contributed by atoms with Crippen LogP contribution in [-0.2, 0) is 20.0 Å². The van der Waals surface area contributed by atoms with Gasteiger partial charge in [-0.15, -0.1) is 0 Å². The van der Waals surface area contributed by atoms with Crippen molar-refractivity contribution in [1.82, 2.24) is 24.0 Å². The highest BCUT2D eigenvalue weighted by Crippen LogP contribution is 2.37. The highest BCUT2D eigenvalue weighted by atomic mass is 35.5. The molecule has 2 aliphatic rings. The van der Waals surface area contributed by atoms with E-state index in [-0.39, 0.29) is 34.5 Å². The predicted molar refractivity (Wildman–Crippen MR) is 119 cm³/mol. The summed E-state index contributed by atoms with van der Waals surface area (Å²) in [5, 5.41) is -0.0936. The third-order valence-electron chi connectivity index (χ3n) is 5.91. The smallest absolute Gasteiger partial charge is 0.215 e. The summed E-state index contributed by atoms with van der Waals surface area (Å²) in [5.41, 5.74) is 1.16. The van der Waals surface area contributed by atoms with Crippen LogP contribution in [0.1, 0.15) is 37.8 Å². The summed E-state index contributed by atoms with van der Waals surface area (Å²) in [6.07, 6.45) is 2.89. The van der Waals surface area contributed by atoms with Gasteiger partial charge in [0.25, 0.3) is 0 Å². The van der Waals surface area contributed by atoms with Crippen LogP contribution in [0.4, 0.5) is 4.39 Å². The summed E-state index contributed by atoms with van der Waals surface area (Å²) < 4.78 is 66.2. The molecule has 2 atom stereocenters. The predicted octanol–water partition coefficient (Wildman–Crippen LogP) is 2.10. The van der Waals surface area contributed by atoms with Crippen LogP contribution in [-0.4, -0.2) is 66.7 Å². The van der Waals surface area contributed by atoms with Crippen molar-refractivity contribution >= 4 is 31.6 Å². The lowest BCUT2D eigenvalue weighted by Gasteiger charge is -2.35. The minimum absolute atomic E-state index is 0.0379. The molecule has 2 N–H and O–H groups in total. The summed E-state index contributed by atoms with van der Waals surface area (Å²) >= 11 is 6.35. The third-order valence-corrected chi connectivity index (χ3v) is 10.00. The quantitative estimate of drug-likeness (QED) is 0.566. The van der Waals surface area contributed by atoms with E-state index < -0.39 is 25.9 Å². The van der Waals surface area contributed by atoms with Crippen LogP contribution in [0.5, 0.6) is 0 Å². The molecule has 2 aromatic rings. The number of rotatable bonds is 8. The lowest BCUT2D eigenvalue weighted by atomic mass is 9.86. The Morgan fingerprint density at radius 2 is 2.00 bits per heavy atom. The van der Waals surface area contributed by atoms with Crippen molar-refractivity contribution in [3.8, 4) is 11.5 Å². The second kappa shape index (κ2) is 8.98. The molecular weight excluding hydrogens is 481 g/mol. The van der Waals surface area contributed by atoms with Gasteiger partial charge in [0, 0.05) is 25.6 Å². The van der Waals surface area contributed by atoms with E-state index in [0.717, 1.165) is 6.20 Å². The number of nitrogens with zero attached hydrogens (tertiary/aromatic N) is 3. The molecule has 0 bridgehead atoms. The van der Waals surface area contributed by atoms with E-state index in [9.17, 15) is 21.2 Å². The van der Waals surface area contributed by atoms with Crippen molar-refractivity contribution in [2.45, 2.75) is 37.4 Å². The van der Waals surface area contributed by atoms with E-state index in [4.69, 9.17) is 11.6 Å². The molecule has 0 spiro atoms. The number of sulfonamides is 2. The maximum atomic E-state index is 13.1. The SMILES string of the molecule is C[C@H]1CN(S(=O)(=O)CCNS(=O)(=O)C2CC2)CC[C@H]1c1[nH]c(-c2ccc(F)cn2)nc1Cl. The van der Waals surface area contributed by atoms with Gasteiger partial charge < -0.3 is 4.98 Å². The Labute approximate surface area is 191 Å². The zero-order valence-corrected chi connectivity index (χ0v) is 19.8. The average molecular weight is 506 g/mol. The number of hydrogen-bond acceptors (Lipinski definition) is 6. The molecule has 1 aliphatic heterocycles. The first-order valence-corrected chi connectivity index (χ1v) is 13.9. The van der Waals surface area contributed by atoms with Crippen LogP contribution in [0.25, 0.3) is 11.5 Å². The van der Waals surface area contributed by atoms with E-state index in [1.807, 2.05) is 6.92 Å². The first-order chi connectivity index (χ1) is 15.1. The molecule has 1 saturated carbocycles. The van der Waals surface area contributed by atoms with Crippen LogP contribution in [0.2, 0.25) is 5.15 Å². The van der Waals surface area contributed by atoms with Crippen LogP contribution < -0.4 is 4.72 Å². The molecule has 0 radical (unpaired) electrons. The van der Waals surface area contributed by atoms with E-state index in [1.54, 1.807) is 0 Å². The van der Waals surface area contributed by atoms with Gasteiger partial charge in [-0.2, -0.15) is 0 Å². The van der Waals surface area contributed by atoms with Crippen LogP contribution in [0.15, 0.2) is 18.3 Å². The van der Waals surface area contributed by atoms with Gasteiger partial charge in [0.15, 0.2) is 11.0 Å². The molecule has 1 saturated heterocycles. The van der Waals surface area contributed by atoms with E-state index in [0.29, 0.717) is 49.6 Å². The lowest BCUT2D eigenvalue weighted by molar-refractivity contribution is 0.246. The Balaban J connectivity index is 1.39. The number of hydrogen-bond donors (Lipinski definition) is 2. The Bertz CT molecular complexity index is 1180. The highest BCUT2D eigenvalue weighted by Gasteiger charge is 2.37. The van der Waals surface area contributed by atoms with E-state index in [2.05, 4.69) is 19.7 Å². The van der Waals surface area contributed by atoms with Crippen molar-refractivity contribution in [3.63, 3.8) is 0 Å². The molecule has 176 valence electrons. The van der Waals surface area contributed by atoms with Crippen LogP contribution in [0, 0.1) is 11.7 Å². The maximum Gasteiger partial charge on any atom is 0.215 e. The number of halogens is 2. The number of piperidine rings is 1. The second-order valence-corrected chi connectivity index (χ2v) is 12.8. The second-order valence-electron chi connectivity index (χ2n) is 8.34. The third kappa shape index (κ3) is 5.14. The molecule has 0 aromatic carbocycles. The van der Waals surface area contributed by atoms with Crippen molar-refractivity contribution in [1.29, 1.82) is 0 Å². The number of imidazole rings is 1. The van der Waals surface area contributed by atoms with Crippen LogP contribution >= 0.6 is 11.6 Å². The summed E-state index contributed by atoms with van der Waals surface area (Å²) in [5.74, 6) is -0.385. The van der Waals surface area contributed by atoms with Gasteiger partial charge in [0.05, 0.1) is 22.9 Å². The largest absolute Gasteiger partial charge is 0.339 e. The van der Waals surface area contributed by atoms with Gasteiger partial charge in [0.1, 0.15) is 11.5 Å². The van der Waals surface area contributed by atoms with E-state index >= 15 is 0 Å². The number of nitrogens with one attached hydrogen (secondary N) is 2. The molecule has 4 rings (SSSR count). The van der Waals surface area contributed by atoms with E-state index in [1.165, 1.54) is 16.4 Å². The number of pyridine rings is 1. The Hall–Kier alpha value is -1.60. The minimum Gasteiger partial charge on any atom is -0.339 e. The number of aromatic amines is 1. The van der Waals surface area contributed by atoms with Gasteiger partial charge in [-0.05, 0) is 37.3 Å². The Kier molecular flexibility index (Phi) is 6.61. The normalized spacial score (nSPS) is 22.8. The molecular formula is C19H25ClFN5O4S2. The molecule has 0 amide bonds. The van der Waals surface area contributed by atoms with Crippen molar-refractivity contribution in [2.24, 2.45) is 5.92 Å². The Morgan fingerprint density at radius 1 is 1.25 bits per heavy atom. The zero-order chi connectivity index (χ0) is 23.1. The highest BCUT2D eigenvalue weighted by molar-refractivity contribution is 7.90. The van der Waals surface area contributed by atoms with Gasteiger partial charge in [0.2, 0.25) is 20.0 Å². The maximum absolute atomic E-state index is 13.1. The molecule has 0 unspecified atom stereocenters. The molecule has 2 aromatic heterocycles. The zero-order valence-electron chi connectivity index (χ0n) is 17.5. The van der Waals surface area contributed by atoms with Gasteiger partial charge in [-0.1, -0.05) is 18.5 Å². The first kappa shape index (κ1) is 23.6. The van der Waals surface area contributed by atoms with Crippen molar-refractivity contribution < 1.29 is 21.2 Å². The first-order valence-electron chi connectivity index (χ1n) is 10.4. The monoisotopic (exact) mass is 505 g/mol. The van der Waals surface area contributed by atoms with Crippen molar-refractivity contribution in [2.75, 3.05) is 25.4 Å². The summed E-state index contributed by atoms with van der Waals surface area (Å²) in [4.78, 5) is 11.5. The fourth-order valence-corrected chi connectivity index (χ4v) is 7.22. The summed E-state index contributed by atoms with van der Waals surface area (Å²) in [6.45, 7) is 2.40. The lowest BCUT2D eigenvalue weighted by Crippen LogP contribution is -2.45.